The summed E-state index contributed by atoms with van der Waals surface area (Å²) in [7, 11) is 1.65. The Hall–Kier alpha value is -1.62. The molecule has 5 heteroatoms. The van der Waals surface area contributed by atoms with Crippen LogP contribution in [0.15, 0.2) is 24.3 Å². The van der Waals surface area contributed by atoms with E-state index in [4.69, 9.17) is 17.0 Å². The van der Waals surface area contributed by atoms with E-state index in [1.807, 2.05) is 38.1 Å². The molecule has 1 amide bonds. The highest BCUT2D eigenvalue weighted by Gasteiger charge is 2.36. The van der Waals surface area contributed by atoms with Gasteiger partial charge in [-0.2, -0.15) is 0 Å². The molecule has 0 aliphatic carbocycles. The zero-order chi connectivity index (χ0) is 14.7. The fourth-order valence-electron chi connectivity index (χ4n) is 2.24. The van der Waals surface area contributed by atoms with Crippen molar-refractivity contribution in [3.8, 4) is 5.75 Å². The fourth-order valence-corrected chi connectivity index (χ4v) is 2.55. The lowest BCUT2D eigenvalue weighted by Crippen LogP contribution is -2.35. The largest absolute Gasteiger partial charge is 0.497 e. The maximum absolute atomic E-state index is 12.2. The standard InChI is InChI=1S/C15H20N2O2S/c1-10(2)13-14(18)17(15(20)16-13)9-8-11-4-6-12(19-3)7-5-11/h4-7,10,13H,8-9H2,1-3H3,(H,16,20). The highest BCUT2D eigenvalue weighted by atomic mass is 32.1. The number of thiocarbonyl (C=S) groups is 1. The molecule has 1 aliphatic heterocycles. The normalized spacial score (nSPS) is 18.6. The number of benzene rings is 1. The molecule has 1 aromatic rings. The maximum Gasteiger partial charge on any atom is 0.251 e. The third-order valence-electron chi connectivity index (χ3n) is 3.51. The Morgan fingerprint density at radius 3 is 2.50 bits per heavy atom. The highest BCUT2D eigenvalue weighted by molar-refractivity contribution is 7.80. The molecule has 1 unspecified atom stereocenters. The van der Waals surface area contributed by atoms with Crippen molar-refractivity contribution in [2.24, 2.45) is 5.92 Å². The van der Waals surface area contributed by atoms with Crippen LogP contribution >= 0.6 is 12.2 Å². The lowest BCUT2D eigenvalue weighted by molar-refractivity contribution is -0.127. The van der Waals surface area contributed by atoms with Crippen molar-refractivity contribution in [1.29, 1.82) is 0 Å². The van der Waals surface area contributed by atoms with Crippen molar-refractivity contribution < 1.29 is 9.53 Å². The zero-order valence-electron chi connectivity index (χ0n) is 12.1. The minimum absolute atomic E-state index is 0.0820. The number of carbonyl (C=O) groups is 1. The molecule has 2 rings (SSSR count). The van der Waals surface area contributed by atoms with Gasteiger partial charge in [-0.05, 0) is 42.3 Å². The third-order valence-corrected chi connectivity index (χ3v) is 3.84. The average Bonchev–Trinajstić information content (AvgIpc) is 2.72. The summed E-state index contributed by atoms with van der Waals surface area (Å²) >= 11 is 5.24. The van der Waals surface area contributed by atoms with Gasteiger partial charge in [-0.25, -0.2) is 0 Å². The number of nitrogens with one attached hydrogen (secondary N) is 1. The third kappa shape index (κ3) is 3.10. The molecule has 1 aliphatic rings. The van der Waals surface area contributed by atoms with Gasteiger partial charge >= 0.3 is 0 Å². The van der Waals surface area contributed by atoms with Gasteiger partial charge in [-0.1, -0.05) is 26.0 Å². The maximum atomic E-state index is 12.2. The van der Waals surface area contributed by atoms with E-state index in [-0.39, 0.29) is 17.9 Å². The van der Waals surface area contributed by atoms with Crippen LogP contribution in [0.4, 0.5) is 0 Å². The minimum Gasteiger partial charge on any atom is -0.497 e. The molecule has 0 saturated carbocycles. The number of carbonyl (C=O) groups excluding carboxylic acids is 1. The molecule has 1 N–H and O–H groups in total. The SMILES string of the molecule is COc1ccc(CCN2C(=O)C(C(C)C)NC2=S)cc1. The van der Waals surface area contributed by atoms with E-state index in [2.05, 4.69) is 5.32 Å². The van der Waals surface area contributed by atoms with Crippen molar-refractivity contribution in [3.63, 3.8) is 0 Å². The van der Waals surface area contributed by atoms with Crippen molar-refractivity contribution in [3.05, 3.63) is 29.8 Å². The number of amides is 1. The average molecular weight is 292 g/mol. The van der Waals surface area contributed by atoms with Gasteiger partial charge in [-0.15, -0.1) is 0 Å². The van der Waals surface area contributed by atoms with Crippen molar-refractivity contribution in [1.82, 2.24) is 10.2 Å². The molecule has 1 saturated heterocycles. The Morgan fingerprint density at radius 2 is 2.00 bits per heavy atom. The van der Waals surface area contributed by atoms with Crippen molar-refractivity contribution in [2.75, 3.05) is 13.7 Å². The lowest BCUT2D eigenvalue weighted by Gasteiger charge is -2.15. The van der Waals surface area contributed by atoms with Crippen LogP contribution in [-0.4, -0.2) is 35.6 Å². The first-order valence-electron chi connectivity index (χ1n) is 6.77. The topological polar surface area (TPSA) is 41.6 Å². The molecule has 0 bridgehead atoms. The lowest BCUT2D eigenvalue weighted by atomic mass is 10.0. The van der Waals surface area contributed by atoms with Gasteiger partial charge < -0.3 is 10.1 Å². The quantitative estimate of drug-likeness (QED) is 0.843. The number of methoxy groups -OCH3 is 1. The van der Waals surface area contributed by atoms with Gasteiger partial charge in [0.1, 0.15) is 11.8 Å². The smallest absolute Gasteiger partial charge is 0.251 e. The second-order valence-electron chi connectivity index (χ2n) is 5.26. The molecular formula is C15H20N2O2S. The van der Waals surface area contributed by atoms with Crippen LogP contribution in [-0.2, 0) is 11.2 Å². The second-order valence-corrected chi connectivity index (χ2v) is 5.65. The monoisotopic (exact) mass is 292 g/mol. The Labute approximate surface area is 125 Å². The zero-order valence-corrected chi connectivity index (χ0v) is 12.9. The predicted molar refractivity (Wildman–Crippen MR) is 82.8 cm³/mol. The summed E-state index contributed by atoms with van der Waals surface area (Å²) in [6.45, 7) is 4.65. The molecule has 1 aromatic carbocycles. The van der Waals surface area contributed by atoms with E-state index >= 15 is 0 Å². The molecule has 108 valence electrons. The van der Waals surface area contributed by atoms with Crippen LogP contribution in [0, 0.1) is 5.92 Å². The Kier molecular flexibility index (Phi) is 4.60. The molecule has 0 aromatic heterocycles. The molecule has 1 heterocycles. The molecule has 20 heavy (non-hydrogen) atoms. The molecule has 4 nitrogen and oxygen atoms in total. The van der Waals surface area contributed by atoms with E-state index in [9.17, 15) is 4.79 Å². The first-order chi connectivity index (χ1) is 9.52. The number of hydrogen-bond acceptors (Lipinski definition) is 3. The van der Waals surface area contributed by atoms with Gasteiger partial charge in [0.25, 0.3) is 5.91 Å². The number of rotatable bonds is 5. The van der Waals surface area contributed by atoms with Gasteiger partial charge in [0.05, 0.1) is 7.11 Å². The summed E-state index contributed by atoms with van der Waals surface area (Å²) in [5, 5.41) is 3.64. The van der Waals surface area contributed by atoms with Gasteiger partial charge in [0.15, 0.2) is 5.11 Å². The highest BCUT2D eigenvalue weighted by Crippen LogP contribution is 2.16. The van der Waals surface area contributed by atoms with Crippen LogP contribution in [0.1, 0.15) is 19.4 Å². The van der Waals surface area contributed by atoms with Gasteiger partial charge in [-0.3, -0.25) is 9.69 Å². The summed E-state index contributed by atoms with van der Waals surface area (Å²) < 4.78 is 5.13. The Bertz CT molecular complexity index is 499. The molecule has 1 atom stereocenters. The Morgan fingerprint density at radius 1 is 1.35 bits per heavy atom. The second kappa shape index (κ2) is 6.22. The van der Waals surface area contributed by atoms with Crippen LogP contribution in [0.2, 0.25) is 0 Å². The summed E-state index contributed by atoms with van der Waals surface area (Å²) in [5.74, 6) is 1.16. The van der Waals surface area contributed by atoms with Crippen LogP contribution in [0.5, 0.6) is 5.75 Å². The molecular weight excluding hydrogens is 272 g/mol. The predicted octanol–water partition coefficient (Wildman–Crippen LogP) is 1.98. The summed E-state index contributed by atoms with van der Waals surface area (Å²) in [6.07, 6.45) is 0.780. The van der Waals surface area contributed by atoms with Crippen LogP contribution in [0.3, 0.4) is 0 Å². The van der Waals surface area contributed by atoms with Crippen molar-refractivity contribution in [2.45, 2.75) is 26.3 Å². The van der Waals surface area contributed by atoms with Crippen molar-refractivity contribution >= 4 is 23.2 Å². The molecule has 0 radical (unpaired) electrons. The summed E-state index contributed by atoms with van der Waals surface area (Å²) in [4.78, 5) is 13.9. The molecule has 0 spiro atoms. The van der Waals surface area contributed by atoms with Crippen LogP contribution < -0.4 is 10.1 Å². The first-order valence-corrected chi connectivity index (χ1v) is 7.18. The summed E-state index contributed by atoms with van der Waals surface area (Å²) in [6, 6.07) is 7.69. The van der Waals surface area contributed by atoms with E-state index in [1.165, 1.54) is 0 Å². The first kappa shape index (κ1) is 14.8. The van der Waals surface area contributed by atoms with Gasteiger partial charge in [0.2, 0.25) is 0 Å². The number of hydrogen-bond donors (Lipinski definition) is 1. The van der Waals surface area contributed by atoms with E-state index in [0.29, 0.717) is 11.7 Å². The van der Waals surface area contributed by atoms with Gasteiger partial charge in [0, 0.05) is 6.54 Å². The Balaban J connectivity index is 1.96. The fraction of sp³-hybridized carbons (Fsp3) is 0.467. The number of ether oxygens (including phenoxy) is 1. The van der Waals surface area contributed by atoms with E-state index in [1.54, 1.807) is 12.0 Å². The van der Waals surface area contributed by atoms with E-state index in [0.717, 1.165) is 17.7 Å². The van der Waals surface area contributed by atoms with Crippen LogP contribution in [0.25, 0.3) is 0 Å². The number of nitrogens with zero attached hydrogens (tertiary/aromatic N) is 1. The summed E-state index contributed by atoms with van der Waals surface area (Å²) in [5.41, 5.74) is 1.16. The minimum atomic E-state index is -0.182. The molecule has 1 fully saturated rings. The van der Waals surface area contributed by atoms with E-state index < -0.39 is 0 Å².